The maximum absolute atomic E-state index is 13.8. The summed E-state index contributed by atoms with van der Waals surface area (Å²) < 4.78 is 16.3. The zero-order valence-corrected chi connectivity index (χ0v) is 24.7. The number of ether oxygens (including phenoxy) is 2. The van der Waals surface area contributed by atoms with E-state index in [2.05, 4.69) is 31.3 Å². The lowest BCUT2D eigenvalue weighted by Crippen LogP contribution is -2.43. The third kappa shape index (κ3) is 4.75. The smallest absolute Gasteiger partial charge is 0.258 e. The number of aromatic nitrogens is 5. The van der Waals surface area contributed by atoms with Crippen LogP contribution in [0.5, 0.6) is 11.6 Å². The molecule has 2 fully saturated rings. The standard InChI is InChI=1S/C31H38N8O3/c1-18-11-22-13-24(33-18)28-19(2)36-37(3)30(28)42-17-21-6-5-20(12-21)16-39-25-15-26(38-9-7-32-8-10-38)27(41-4)14-23(25)34-31(39)35-29(22)40/h11,13-15,20-21,32H,5-10,12,16-17H2,1-4H3,(H,34,35,40)/t20-,21+/m1/s1. The molecule has 0 unspecified atom stereocenters. The summed E-state index contributed by atoms with van der Waals surface area (Å²) in [5.41, 5.74) is 6.46. The Morgan fingerprint density at radius 1 is 1.05 bits per heavy atom. The molecule has 2 atom stereocenters. The predicted octanol–water partition coefficient (Wildman–Crippen LogP) is 3.93. The number of carbonyl (C=O) groups is 1. The van der Waals surface area contributed by atoms with Crippen LogP contribution in [0, 0.1) is 25.7 Å². The Bertz CT molecular complexity index is 1670. The number of hydrogen-bond donors (Lipinski definition) is 2. The quantitative estimate of drug-likeness (QED) is 0.373. The van der Waals surface area contributed by atoms with Crippen LogP contribution in [0.15, 0.2) is 24.3 Å². The van der Waals surface area contributed by atoms with E-state index in [-0.39, 0.29) is 5.91 Å². The molecule has 4 bridgehead atoms. The average molecular weight is 571 g/mol. The summed E-state index contributed by atoms with van der Waals surface area (Å²) in [6.45, 7) is 8.93. The molecular formula is C31H38N8O3. The summed E-state index contributed by atoms with van der Waals surface area (Å²) in [5, 5.41) is 11.2. The van der Waals surface area contributed by atoms with Crippen molar-refractivity contribution in [3.8, 4) is 22.9 Å². The van der Waals surface area contributed by atoms with Gasteiger partial charge in [-0.05, 0) is 63.1 Å². The number of nitrogens with zero attached hydrogens (tertiary/aromatic N) is 6. The van der Waals surface area contributed by atoms with Gasteiger partial charge in [0.25, 0.3) is 5.91 Å². The number of piperazine rings is 1. The molecule has 42 heavy (non-hydrogen) atoms. The molecule has 1 saturated heterocycles. The Hall–Kier alpha value is -4.12. The van der Waals surface area contributed by atoms with Gasteiger partial charge in [-0.2, -0.15) is 5.10 Å². The van der Waals surface area contributed by atoms with Gasteiger partial charge in [0.1, 0.15) is 5.75 Å². The molecule has 220 valence electrons. The third-order valence-corrected chi connectivity index (χ3v) is 8.92. The lowest BCUT2D eigenvalue weighted by Gasteiger charge is -2.30. The number of hydrogen-bond acceptors (Lipinski definition) is 8. The lowest BCUT2D eigenvalue weighted by atomic mass is 10.1. The van der Waals surface area contributed by atoms with Crippen molar-refractivity contribution in [3.05, 3.63) is 41.2 Å². The Kier molecular flexibility index (Phi) is 6.76. The molecule has 0 spiro atoms. The highest BCUT2D eigenvalue weighted by molar-refractivity contribution is 6.05. The van der Waals surface area contributed by atoms with Crippen LogP contribution in [0.2, 0.25) is 0 Å². The van der Waals surface area contributed by atoms with E-state index in [1.54, 1.807) is 11.8 Å². The topological polar surface area (TPSA) is 111 Å². The van der Waals surface area contributed by atoms with Crippen LogP contribution in [0.3, 0.4) is 0 Å². The first-order valence-corrected chi connectivity index (χ1v) is 14.9. The van der Waals surface area contributed by atoms with Crippen LogP contribution in [-0.4, -0.2) is 70.1 Å². The number of benzene rings is 1. The van der Waals surface area contributed by atoms with Gasteiger partial charge >= 0.3 is 0 Å². The predicted molar refractivity (Wildman–Crippen MR) is 162 cm³/mol. The molecule has 11 heteroatoms. The molecule has 1 aromatic carbocycles. The molecule has 7 rings (SSSR count). The summed E-state index contributed by atoms with van der Waals surface area (Å²) in [4.78, 5) is 25.9. The van der Waals surface area contributed by atoms with Crippen molar-refractivity contribution in [1.82, 2.24) is 29.6 Å². The Morgan fingerprint density at radius 2 is 1.86 bits per heavy atom. The van der Waals surface area contributed by atoms with Crippen molar-refractivity contribution in [3.63, 3.8) is 0 Å². The molecule has 2 aliphatic heterocycles. The van der Waals surface area contributed by atoms with Crippen molar-refractivity contribution in [1.29, 1.82) is 0 Å². The molecule has 2 N–H and O–H groups in total. The minimum Gasteiger partial charge on any atom is -0.495 e. The number of methoxy groups -OCH3 is 1. The molecule has 1 aliphatic carbocycles. The third-order valence-electron chi connectivity index (χ3n) is 8.92. The first-order chi connectivity index (χ1) is 20.4. The fourth-order valence-corrected chi connectivity index (χ4v) is 6.89. The summed E-state index contributed by atoms with van der Waals surface area (Å²) in [5.74, 6) is 2.70. The van der Waals surface area contributed by atoms with Crippen LogP contribution in [0.25, 0.3) is 22.3 Å². The first-order valence-electron chi connectivity index (χ1n) is 14.9. The number of aryl methyl sites for hydroxylation is 3. The highest BCUT2D eigenvalue weighted by atomic mass is 16.5. The number of rotatable bonds is 2. The molecule has 0 radical (unpaired) electrons. The SMILES string of the molecule is COc1cc2nc3n(c2cc1N1CCNCC1)C[C@@H]1CC[C@H](COc2c(c(C)nn2C)-c2cc(cc(C)n2)C(=O)N3)C1. The molecular weight excluding hydrogens is 532 g/mol. The Morgan fingerprint density at radius 3 is 2.67 bits per heavy atom. The first kappa shape index (κ1) is 26.8. The van der Waals surface area contributed by atoms with Gasteiger partial charge < -0.3 is 24.3 Å². The van der Waals surface area contributed by atoms with Crippen molar-refractivity contribution >= 4 is 28.6 Å². The molecule has 1 amide bonds. The van der Waals surface area contributed by atoms with Crippen molar-refractivity contribution in [2.24, 2.45) is 18.9 Å². The highest BCUT2D eigenvalue weighted by Gasteiger charge is 2.30. The van der Waals surface area contributed by atoms with E-state index in [4.69, 9.17) is 19.4 Å². The summed E-state index contributed by atoms with van der Waals surface area (Å²) in [6.07, 6.45) is 3.24. The normalized spacial score (nSPS) is 20.8. The monoisotopic (exact) mass is 570 g/mol. The number of carbonyl (C=O) groups excluding carboxylic acids is 1. The fourth-order valence-electron chi connectivity index (χ4n) is 6.89. The van der Waals surface area contributed by atoms with Crippen molar-refractivity contribution in [2.45, 2.75) is 39.7 Å². The average Bonchev–Trinajstić information content (AvgIpc) is 3.65. The van der Waals surface area contributed by atoms with Gasteiger partial charge in [-0.1, -0.05) is 0 Å². The number of pyridine rings is 1. The maximum Gasteiger partial charge on any atom is 0.258 e. The van der Waals surface area contributed by atoms with Crippen LogP contribution in [0.4, 0.5) is 11.6 Å². The molecule has 11 nitrogen and oxygen atoms in total. The van der Waals surface area contributed by atoms with Gasteiger partial charge in [0.15, 0.2) is 0 Å². The van der Waals surface area contributed by atoms with Gasteiger partial charge in [-0.3, -0.25) is 15.1 Å². The lowest BCUT2D eigenvalue weighted by molar-refractivity contribution is 0.102. The Balaban J connectivity index is 1.35. The van der Waals surface area contributed by atoms with E-state index in [0.717, 1.165) is 91.4 Å². The second-order valence-electron chi connectivity index (χ2n) is 11.9. The van der Waals surface area contributed by atoms with Crippen LogP contribution in [-0.2, 0) is 13.6 Å². The number of fused-ring (bicyclic) bond motifs is 9. The van der Waals surface area contributed by atoms with E-state index in [1.807, 2.05) is 39.1 Å². The summed E-state index contributed by atoms with van der Waals surface area (Å²) in [6, 6.07) is 7.82. The number of amides is 1. The van der Waals surface area contributed by atoms with E-state index in [9.17, 15) is 4.79 Å². The van der Waals surface area contributed by atoms with Gasteiger partial charge in [0, 0.05) is 57.1 Å². The minimum atomic E-state index is -0.226. The maximum atomic E-state index is 13.8. The second kappa shape index (κ2) is 10.6. The molecule has 1 saturated carbocycles. The van der Waals surface area contributed by atoms with Gasteiger partial charge in [0.05, 0.1) is 47.4 Å². The number of nitrogens with one attached hydrogen (secondary N) is 2. The second-order valence-corrected chi connectivity index (χ2v) is 11.9. The molecule has 5 heterocycles. The van der Waals surface area contributed by atoms with E-state index >= 15 is 0 Å². The van der Waals surface area contributed by atoms with Crippen molar-refractivity contribution in [2.75, 3.05) is 50.1 Å². The zero-order valence-electron chi connectivity index (χ0n) is 24.7. The number of anilines is 2. The minimum absolute atomic E-state index is 0.226. The van der Waals surface area contributed by atoms with Crippen LogP contribution in [0.1, 0.15) is 41.0 Å². The fraction of sp³-hybridized carbons (Fsp3) is 0.484. The highest BCUT2D eigenvalue weighted by Crippen LogP contribution is 2.39. The van der Waals surface area contributed by atoms with Crippen LogP contribution < -0.4 is 25.0 Å². The van der Waals surface area contributed by atoms with Crippen molar-refractivity contribution < 1.29 is 14.3 Å². The summed E-state index contributed by atoms with van der Waals surface area (Å²) >= 11 is 0. The number of imidazole rings is 1. The molecule has 3 aliphatic rings. The summed E-state index contributed by atoms with van der Waals surface area (Å²) in [7, 11) is 3.60. The van der Waals surface area contributed by atoms with Gasteiger partial charge in [0.2, 0.25) is 11.8 Å². The van der Waals surface area contributed by atoms with Gasteiger partial charge in [-0.15, -0.1) is 0 Å². The zero-order chi connectivity index (χ0) is 29.0. The van der Waals surface area contributed by atoms with E-state index < -0.39 is 0 Å². The van der Waals surface area contributed by atoms with Gasteiger partial charge in [-0.25, -0.2) is 9.67 Å². The largest absolute Gasteiger partial charge is 0.495 e. The van der Waals surface area contributed by atoms with Crippen LogP contribution >= 0.6 is 0 Å². The van der Waals surface area contributed by atoms with E-state index in [0.29, 0.717) is 41.5 Å². The molecule has 3 aromatic heterocycles. The Labute approximate surface area is 245 Å². The van der Waals surface area contributed by atoms with E-state index in [1.165, 1.54) is 0 Å². The molecule has 4 aromatic rings.